The van der Waals surface area contributed by atoms with Crippen LogP contribution in [-0.2, 0) is 16.0 Å². The molecule has 0 radical (unpaired) electrons. The van der Waals surface area contributed by atoms with Crippen LogP contribution in [0.1, 0.15) is 11.4 Å². The Hall–Kier alpha value is -2.58. The van der Waals surface area contributed by atoms with E-state index in [4.69, 9.17) is 15.0 Å². The fourth-order valence-corrected chi connectivity index (χ4v) is 1.56. The van der Waals surface area contributed by atoms with Crippen molar-refractivity contribution in [2.24, 2.45) is 0 Å². The molecular formula is C12H11F3N2O4. The number of pyridine rings is 1. The van der Waals surface area contributed by atoms with Crippen molar-refractivity contribution >= 4 is 17.6 Å². The summed E-state index contributed by atoms with van der Waals surface area (Å²) in [6.07, 6.45) is -3.32. The lowest BCUT2D eigenvalue weighted by molar-refractivity contribution is -0.192. The molecular weight excluding hydrogens is 293 g/mol. The lowest BCUT2D eigenvalue weighted by Gasteiger charge is -2.03. The quantitative estimate of drug-likeness (QED) is 0.884. The van der Waals surface area contributed by atoms with Gasteiger partial charge in [0.15, 0.2) is 0 Å². The summed E-state index contributed by atoms with van der Waals surface area (Å²) in [5.74, 6) is -3.59. The van der Waals surface area contributed by atoms with Gasteiger partial charge in [0.1, 0.15) is 5.65 Å². The average Bonchev–Trinajstić information content (AvgIpc) is 2.71. The van der Waals surface area contributed by atoms with E-state index < -0.39 is 18.1 Å². The highest BCUT2D eigenvalue weighted by Crippen LogP contribution is 2.13. The average molecular weight is 304 g/mol. The first kappa shape index (κ1) is 16.5. The molecule has 0 spiro atoms. The molecule has 2 N–H and O–H groups in total. The normalized spacial score (nSPS) is 10.9. The van der Waals surface area contributed by atoms with Gasteiger partial charge in [-0.15, -0.1) is 0 Å². The zero-order valence-corrected chi connectivity index (χ0v) is 10.8. The highest BCUT2D eigenvalue weighted by molar-refractivity contribution is 5.73. The molecule has 0 atom stereocenters. The van der Waals surface area contributed by atoms with Gasteiger partial charge in [0.05, 0.1) is 6.42 Å². The summed E-state index contributed by atoms with van der Waals surface area (Å²) >= 11 is 0. The number of nitrogens with zero attached hydrogens (tertiary/aromatic N) is 2. The highest BCUT2D eigenvalue weighted by atomic mass is 19.4. The predicted octanol–water partition coefficient (Wildman–Crippen LogP) is 1.90. The summed E-state index contributed by atoms with van der Waals surface area (Å²) in [5.41, 5.74) is 2.50. The van der Waals surface area contributed by atoms with Crippen LogP contribution in [0.2, 0.25) is 0 Å². The third kappa shape index (κ3) is 4.48. The number of carboxylic acids is 2. The van der Waals surface area contributed by atoms with Gasteiger partial charge in [-0.25, -0.2) is 9.78 Å². The third-order valence-corrected chi connectivity index (χ3v) is 2.36. The molecule has 6 nitrogen and oxygen atoms in total. The number of imidazole rings is 1. The van der Waals surface area contributed by atoms with Crippen LogP contribution in [-0.4, -0.2) is 37.7 Å². The van der Waals surface area contributed by atoms with Crippen LogP contribution in [0.15, 0.2) is 24.4 Å². The van der Waals surface area contributed by atoms with E-state index in [9.17, 15) is 18.0 Å². The fourth-order valence-electron chi connectivity index (χ4n) is 1.56. The topological polar surface area (TPSA) is 91.9 Å². The van der Waals surface area contributed by atoms with Crippen molar-refractivity contribution in [1.82, 2.24) is 9.38 Å². The SMILES string of the molecule is Cc1cnc2cccc(CC(=O)O)n12.O=C(O)C(F)(F)F. The summed E-state index contributed by atoms with van der Waals surface area (Å²) in [7, 11) is 0. The largest absolute Gasteiger partial charge is 0.490 e. The summed E-state index contributed by atoms with van der Waals surface area (Å²) in [6, 6.07) is 5.48. The van der Waals surface area contributed by atoms with Gasteiger partial charge in [-0.05, 0) is 19.1 Å². The number of rotatable bonds is 2. The summed E-state index contributed by atoms with van der Waals surface area (Å²) in [6.45, 7) is 1.91. The minimum absolute atomic E-state index is 0.0224. The van der Waals surface area contributed by atoms with Crippen molar-refractivity contribution in [1.29, 1.82) is 0 Å². The highest BCUT2D eigenvalue weighted by Gasteiger charge is 2.38. The minimum Gasteiger partial charge on any atom is -0.481 e. The van der Waals surface area contributed by atoms with Crippen molar-refractivity contribution < 1.29 is 33.0 Å². The molecule has 2 heterocycles. The Morgan fingerprint density at radius 3 is 2.33 bits per heavy atom. The van der Waals surface area contributed by atoms with E-state index in [0.29, 0.717) is 0 Å². The number of carboxylic acid groups (broad SMARTS) is 2. The van der Waals surface area contributed by atoms with E-state index in [2.05, 4.69) is 4.98 Å². The Morgan fingerprint density at radius 1 is 1.29 bits per heavy atom. The first-order valence-electron chi connectivity index (χ1n) is 5.56. The number of hydrogen-bond donors (Lipinski definition) is 2. The molecule has 0 aliphatic heterocycles. The Labute approximate surface area is 116 Å². The molecule has 0 saturated carbocycles. The van der Waals surface area contributed by atoms with Crippen LogP contribution < -0.4 is 0 Å². The number of hydrogen-bond acceptors (Lipinski definition) is 3. The van der Waals surface area contributed by atoms with Crippen LogP contribution in [0.5, 0.6) is 0 Å². The van der Waals surface area contributed by atoms with E-state index >= 15 is 0 Å². The molecule has 114 valence electrons. The van der Waals surface area contributed by atoms with Gasteiger partial charge < -0.3 is 14.6 Å². The maximum atomic E-state index is 10.6. The zero-order valence-electron chi connectivity index (χ0n) is 10.8. The number of fused-ring (bicyclic) bond motifs is 1. The number of aryl methyl sites for hydroxylation is 1. The Kier molecular flexibility index (Phi) is 4.90. The smallest absolute Gasteiger partial charge is 0.481 e. The Bertz CT molecular complexity index is 664. The van der Waals surface area contributed by atoms with E-state index in [0.717, 1.165) is 17.0 Å². The zero-order chi connectivity index (χ0) is 16.2. The van der Waals surface area contributed by atoms with Gasteiger partial charge in [0, 0.05) is 17.6 Å². The molecule has 0 fully saturated rings. The maximum Gasteiger partial charge on any atom is 0.490 e. The molecule has 0 aliphatic carbocycles. The molecule has 2 aromatic heterocycles. The third-order valence-electron chi connectivity index (χ3n) is 2.36. The number of aromatic nitrogens is 2. The molecule has 0 saturated heterocycles. The predicted molar refractivity (Wildman–Crippen MR) is 65.0 cm³/mol. The Balaban J connectivity index is 0.000000270. The van der Waals surface area contributed by atoms with E-state index in [-0.39, 0.29) is 6.42 Å². The molecule has 0 aromatic carbocycles. The maximum absolute atomic E-state index is 10.6. The monoisotopic (exact) mass is 304 g/mol. The summed E-state index contributed by atoms with van der Waals surface area (Å²) in [4.78, 5) is 23.7. The number of aliphatic carboxylic acids is 2. The van der Waals surface area contributed by atoms with Crippen molar-refractivity contribution in [2.45, 2.75) is 19.5 Å². The first-order chi connectivity index (χ1) is 9.62. The molecule has 21 heavy (non-hydrogen) atoms. The minimum atomic E-state index is -5.08. The first-order valence-corrected chi connectivity index (χ1v) is 5.56. The lowest BCUT2D eigenvalue weighted by Crippen LogP contribution is -2.21. The standard InChI is InChI=1S/C10H10N2O2.C2HF3O2/c1-7-6-11-9-4-2-3-8(12(7)9)5-10(13)14;3-2(4,5)1(6)7/h2-4,6H,5H2,1H3,(H,13,14);(H,6,7). The van der Waals surface area contributed by atoms with Gasteiger partial charge in [0.2, 0.25) is 0 Å². The van der Waals surface area contributed by atoms with E-state index in [1.54, 1.807) is 12.3 Å². The molecule has 0 unspecified atom stereocenters. The van der Waals surface area contributed by atoms with Crippen molar-refractivity contribution in [3.05, 3.63) is 35.8 Å². The molecule has 0 bridgehead atoms. The molecule has 0 amide bonds. The summed E-state index contributed by atoms with van der Waals surface area (Å²) < 4.78 is 33.6. The molecule has 0 aliphatic rings. The van der Waals surface area contributed by atoms with Gasteiger partial charge >= 0.3 is 18.1 Å². The second kappa shape index (κ2) is 6.25. The van der Waals surface area contributed by atoms with Crippen LogP contribution in [0.4, 0.5) is 13.2 Å². The van der Waals surface area contributed by atoms with E-state index in [1.807, 2.05) is 23.5 Å². The van der Waals surface area contributed by atoms with Crippen LogP contribution in [0.3, 0.4) is 0 Å². The van der Waals surface area contributed by atoms with Gasteiger partial charge in [-0.3, -0.25) is 4.79 Å². The van der Waals surface area contributed by atoms with Crippen LogP contribution in [0.25, 0.3) is 5.65 Å². The van der Waals surface area contributed by atoms with Crippen molar-refractivity contribution in [2.75, 3.05) is 0 Å². The second-order valence-corrected chi connectivity index (χ2v) is 3.98. The van der Waals surface area contributed by atoms with Crippen molar-refractivity contribution in [3.63, 3.8) is 0 Å². The second-order valence-electron chi connectivity index (χ2n) is 3.98. The molecule has 9 heteroatoms. The lowest BCUT2D eigenvalue weighted by atomic mass is 10.2. The van der Waals surface area contributed by atoms with Gasteiger partial charge in [-0.2, -0.15) is 13.2 Å². The fraction of sp³-hybridized carbons (Fsp3) is 0.250. The van der Waals surface area contributed by atoms with Gasteiger partial charge in [0.25, 0.3) is 0 Å². The van der Waals surface area contributed by atoms with Crippen LogP contribution >= 0.6 is 0 Å². The summed E-state index contributed by atoms with van der Waals surface area (Å²) in [5, 5.41) is 15.8. The molecule has 2 aromatic rings. The van der Waals surface area contributed by atoms with Crippen LogP contribution in [0, 0.1) is 6.92 Å². The number of carbonyl (C=O) groups is 2. The number of halogens is 3. The Morgan fingerprint density at radius 2 is 1.86 bits per heavy atom. The van der Waals surface area contributed by atoms with Crippen molar-refractivity contribution in [3.8, 4) is 0 Å². The van der Waals surface area contributed by atoms with Gasteiger partial charge in [-0.1, -0.05) is 6.07 Å². The molecule has 2 rings (SSSR count). The van der Waals surface area contributed by atoms with E-state index in [1.165, 1.54) is 0 Å². The number of alkyl halides is 3.